The number of nitrogens with two attached hydrogens (primary N) is 1. The standard InChI is InChI=1S/C36H30N2S/c1-36(29-12-3-2-4-13-29,30-23-28-11-5-9-17-34(28)38-24-30)32-15-7-6-14-31(32)27-21-19-26(20-22-27)25-39-35-18-10-8-16-33(35)37/h2-24H,25,37H2,1H3. The topological polar surface area (TPSA) is 38.9 Å². The molecule has 0 aliphatic heterocycles. The lowest BCUT2D eigenvalue weighted by Gasteiger charge is -2.33. The number of fused-ring (bicyclic) bond motifs is 1. The molecule has 1 aromatic heterocycles. The molecule has 0 bridgehead atoms. The van der Waals surface area contributed by atoms with Crippen LogP contribution in [0.25, 0.3) is 22.0 Å². The molecule has 5 aromatic carbocycles. The van der Waals surface area contributed by atoms with Crippen LogP contribution in [0.4, 0.5) is 5.69 Å². The van der Waals surface area contributed by atoms with E-state index in [1.807, 2.05) is 30.5 Å². The summed E-state index contributed by atoms with van der Waals surface area (Å²) in [5.74, 6) is 0.876. The van der Waals surface area contributed by atoms with Crippen LogP contribution in [0.5, 0.6) is 0 Å². The van der Waals surface area contributed by atoms with Crippen LogP contribution in [0.15, 0.2) is 145 Å². The third-order valence-electron chi connectivity index (χ3n) is 7.56. The molecule has 3 heteroatoms. The number of thioether (sulfide) groups is 1. The van der Waals surface area contributed by atoms with Gasteiger partial charge in [0.2, 0.25) is 0 Å². The molecule has 2 nitrogen and oxygen atoms in total. The average molecular weight is 523 g/mol. The fourth-order valence-electron chi connectivity index (χ4n) is 5.32. The summed E-state index contributed by atoms with van der Waals surface area (Å²) < 4.78 is 0. The molecule has 2 N–H and O–H groups in total. The second kappa shape index (κ2) is 10.8. The van der Waals surface area contributed by atoms with Gasteiger partial charge in [-0.25, -0.2) is 0 Å². The van der Waals surface area contributed by atoms with E-state index >= 15 is 0 Å². The minimum Gasteiger partial charge on any atom is -0.398 e. The molecule has 190 valence electrons. The largest absolute Gasteiger partial charge is 0.398 e. The maximum Gasteiger partial charge on any atom is 0.0702 e. The summed E-state index contributed by atoms with van der Waals surface area (Å²) in [6, 6.07) is 47.2. The molecule has 0 aliphatic rings. The molecule has 0 saturated carbocycles. The summed E-state index contributed by atoms with van der Waals surface area (Å²) in [4.78, 5) is 5.97. The molecule has 6 rings (SSSR count). The predicted molar refractivity (Wildman–Crippen MR) is 166 cm³/mol. The van der Waals surface area contributed by atoms with Crippen LogP contribution in [0.1, 0.15) is 29.2 Å². The molecule has 1 atom stereocenters. The molecule has 1 unspecified atom stereocenters. The van der Waals surface area contributed by atoms with Crippen LogP contribution in [-0.4, -0.2) is 4.98 Å². The number of para-hydroxylation sites is 2. The van der Waals surface area contributed by atoms with E-state index < -0.39 is 5.41 Å². The van der Waals surface area contributed by atoms with Gasteiger partial charge in [-0.2, -0.15) is 0 Å². The quantitative estimate of drug-likeness (QED) is 0.168. The Morgan fingerprint density at radius 3 is 2.21 bits per heavy atom. The van der Waals surface area contributed by atoms with Gasteiger partial charge in [-0.05, 0) is 64.6 Å². The van der Waals surface area contributed by atoms with E-state index in [4.69, 9.17) is 10.7 Å². The Bertz CT molecular complexity index is 1730. The number of rotatable bonds is 7. The van der Waals surface area contributed by atoms with Gasteiger partial charge < -0.3 is 5.73 Å². The number of hydrogen-bond acceptors (Lipinski definition) is 3. The highest BCUT2D eigenvalue weighted by Gasteiger charge is 2.33. The van der Waals surface area contributed by atoms with E-state index in [-0.39, 0.29) is 0 Å². The Kier molecular flexibility index (Phi) is 6.91. The van der Waals surface area contributed by atoms with E-state index in [1.54, 1.807) is 11.8 Å². The lowest BCUT2D eigenvalue weighted by Crippen LogP contribution is -2.26. The van der Waals surface area contributed by atoms with Crippen molar-refractivity contribution in [2.75, 3.05) is 5.73 Å². The van der Waals surface area contributed by atoms with Gasteiger partial charge in [0.25, 0.3) is 0 Å². The monoisotopic (exact) mass is 522 g/mol. The smallest absolute Gasteiger partial charge is 0.0702 e. The SMILES string of the molecule is CC(c1ccccc1)(c1cnc2ccccc2c1)c1ccccc1-c1ccc(CSc2ccccc2N)cc1. The molecule has 0 saturated heterocycles. The van der Waals surface area contributed by atoms with Crippen LogP contribution in [-0.2, 0) is 11.2 Å². The first-order valence-electron chi connectivity index (χ1n) is 13.2. The van der Waals surface area contributed by atoms with E-state index in [0.717, 1.165) is 27.2 Å². The molecular weight excluding hydrogens is 492 g/mol. The highest BCUT2D eigenvalue weighted by Crippen LogP contribution is 2.43. The van der Waals surface area contributed by atoms with Crippen molar-refractivity contribution in [3.63, 3.8) is 0 Å². The Morgan fingerprint density at radius 2 is 1.38 bits per heavy atom. The fourth-order valence-corrected chi connectivity index (χ4v) is 6.24. The number of pyridine rings is 1. The Balaban J connectivity index is 1.41. The fraction of sp³-hybridized carbons (Fsp3) is 0.0833. The molecule has 0 amide bonds. The summed E-state index contributed by atoms with van der Waals surface area (Å²) in [6.45, 7) is 2.32. The van der Waals surface area contributed by atoms with Crippen molar-refractivity contribution in [3.05, 3.63) is 162 Å². The lowest BCUT2D eigenvalue weighted by molar-refractivity contribution is 0.692. The third-order valence-corrected chi connectivity index (χ3v) is 8.72. The maximum absolute atomic E-state index is 6.14. The van der Waals surface area contributed by atoms with Gasteiger partial charge in [0.15, 0.2) is 0 Å². The Labute approximate surface area is 234 Å². The first kappa shape index (κ1) is 25.0. The van der Waals surface area contributed by atoms with E-state index in [2.05, 4.69) is 116 Å². The Morgan fingerprint density at radius 1 is 0.692 bits per heavy atom. The lowest BCUT2D eigenvalue weighted by atomic mass is 9.69. The second-order valence-corrected chi connectivity index (χ2v) is 11.0. The minimum atomic E-state index is -0.395. The maximum atomic E-state index is 6.14. The molecule has 1 heterocycles. The molecule has 0 radical (unpaired) electrons. The van der Waals surface area contributed by atoms with Gasteiger partial charge in [-0.1, -0.05) is 109 Å². The predicted octanol–water partition coefficient (Wildman–Crippen LogP) is 9.13. The van der Waals surface area contributed by atoms with Gasteiger partial charge in [0, 0.05) is 33.3 Å². The second-order valence-electron chi connectivity index (χ2n) is 9.98. The zero-order valence-corrected chi connectivity index (χ0v) is 22.7. The number of aromatic nitrogens is 1. The van der Waals surface area contributed by atoms with Gasteiger partial charge >= 0.3 is 0 Å². The summed E-state index contributed by atoms with van der Waals surface area (Å²) in [7, 11) is 0. The number of nitrogen functional groups attached to an aromatic ring is 1. The number of benzene rings is 5. The number of anilines is 1. The van der Waals surface area contributed by atoms with E-state index in [1.165, 1.54) is 33.4 Å². The van der Waals surface area contributed by atoms with Crippen molar-refractivity contribution in [3.8, 4) is 11.1 Å². The first-order chi connectivity index (χ1) is 19.1. The highest BCUT2D eigenvalue weighted by molar-refractivity contribution is 7.98. The summed E-state index contributed by atoms with van der Waals surface area (Å²) >= 11 is 1.77. The van der Waals surface area contributed by atoms with Crippen LogP contribution in [0.2, 0.25) is 0 Å². The summed E-state index contributed by atoms with van der Waals surface area (Å²) in [5.41, 5.74) is 15.0. The first-order valence-corrected chi connectivity index (χ1v) is 14.2. The van der Waals surface area contributed by atoms with E-state index in [0.29, 0.717) is 0 Å². The van der Waals surface area contributed by atoms with Crippen molar-refractivity contribution in [1.29, 1.82) is 0 Å². The molecule has 0 fully saturated rings. The molecule has 39 heavy (non-hydrogen) atoms. The van der Waals surface area contributed by atoms with Crippen LogP contribution in [0.3, 0.4) is 0 Å². The normalized spacial score (nSPS) is 12.7. The van der Waals surface area contributed by atoms with Gasteiger partial charge in [0.1, 0.15) is 0 Å². The molecule has 0 spiro atoms. The third kappa shape index (κ3) is 4.94. The number of hydrogen-bond donors (Lipinski definition) is 1. The number of nitrogens with zero attached hydrogens (tertiary/aromatic N) is 1. The van der Waals surface area contributed by atoms with Crippen molar-refractivity contribution < 1.29 is 0 Å². The summed E-state index contributed by atoms with van der Waals surface area (Å²) in [5, 5.41) is 1.15. The highest BCUT2D eigenvalue weighted by atomic mass is 32.2. The van der Waals surface area contributed by atoms with Crippen molar-refractivity contribution in [1.82, 2.24) is 4.98 Å². The van der Waals surface area contributed by atoms with Crippen LogP contribution >= 0.6 is 11.8 Å². The van der Waals surface area contributed by atoms with Crippen LogP contribution < -0.4 is 5.73 Å². The zero-order valence-electron chi connectivity index (χ0n) is 21.9. The Hall–Kier alpha value is -4.34. The zero-order chi connectivity index (χ0) is 26.7. The van der Waals surface area contributed by atoms with Crippen molar-refractivity contribution >= 4 is 28.4 Å². The molecule has 0 aliphatic carbocycles. The minimum absolute atomic E-state index is 0.395. The molecular formula is C36H30N2S. The molecule has 6 aromatic rings. The average Bonchev–Trinajstić information content (AvgIpc) is 3.01. The van der Waals surface area contributed by atoms with Crippen molar-refractivity contribution in [2.24, 2.45) is 0 Å². The van der Waals surface area contributed by atoms with Crippen LogP contribution in [0, 0.1) is 0 Å². The van der Waals surface area contributed by atoms with Gasteiger partial charge in [-0.3, -0.25) is 4.98 Å². The van der Waals surface area contributed by atoms with Gasteiger partial charge in [-0.15, -0.1) is 11.8 Å². The van der Waals surface area contributed by atoms with E-state index in [9.17, 15) is 0 Å². The van der Waals surface area contributed by atoms with Crippen molar-refractivity contribution in [2.45, 2.75) is 23.0 Å². The van der Waals surface area contributed by atoms with Gasteiger partial charge in [0.05, 0.1) is 5.52 Å². The summed E-state index contributed by atoms with van der Waals surface area (Å²) in [6.07, 6.45) is 2.04.